The first kappa shape index (κ1) is 9.99. The first-order valence-corrected chi connectivity index (χ1v) is 5.49. The van der Waals surface area contributed by atoms with Crippen LogP contribution in [-0.2, 0) is 4.79 Å². The predicted molar refractivity (Wildman–Crippen MR) is 53.7 cm³/mol. The minimum absolute atomic E-state index is 0.231. The van der Waals surface area contributed by atoms with Crippen LogP contribution in [0.5, 0.6) is 0 Å². The zero-order valence-corrected chi connectivity index (χ0v) is 10.5. The number of halogens is 3. The monoisotopic (exact) mass is 348 g/mol. The zero-order valence-electron chi connectivity index (χ0n) is 5.77. The Kier molecular flexibility index (Phi) is 2.46. The number of aliphatic carboxylic acids is 1. The molecule has 0 aliphatic heterocycles. The van der Waals surface area contributed by atoms with Gasteiger partial charge in [-0.05, 0) is 6.42 Å². The Hall–Kier alpha value is 0.910. The molecule has 0 saturated heterocycles. The third-order valence-electron chi connectivity index (χ3n) is 2.02. The van der Waals surface area contributed by atoms with Gasteiger partial charge in [-0.1, -0.05) is 54.7 Å². The second-order valence-electron chi connectivity index (χ2n) is 2.80. The number of alkyl halides is 3. The highest BCUT2D eigenvalue weighted by Crippen LogP contribution is 2.68. The molecule has 0 spiro atoms. The van der Waals surface area contributed by atoms with Crippen molar-refractivity contribution in [3.8, 4) is 0 Å². The normalized spacial score (nSPS) is 36.4. The fraction of sp³-hybridized carbons (Fsp3) is 0.833. The largest absolute Gasteiger partial charge is 0.481 e. The molecule has 2 unspecified atom stereocenters. The Balaban J connectivity index is 2.71. The second-order valence-corrected chi connectivity index (χ2v) is 7.99. The maximum Gasteiger partial charge on any atom is 0.307 e. The van der Waals surface area contributed by atoms with Crippen LogP contribution in [0.3, 0.4) is 0 Å². The lowest BCUT2D eigenvalue weighted by atomic mass is 10.1. The first-order chi connectivity index (χ1) is 4.81. The van der Waals surface area contributed by atoms with E-state index in [9.17, 15) is 4.79 Å². The molecule has 0 radical (unpaired) electrons. The van der Waals surface area contributed by atoms with E-state index in [1.165, 1.54) is 0 Å². The molecule has 2 nitrogen and oxygen atoms in total. The van der Waals surface area contributed by atoms with Gasteiger partial charge in [0.2, 0.25) is 0 Å². The molecule has 11 heavy (non-hydrogen) atoms. The summed E-state index contributed by atoms with van der Waals surface area (Å²) in [5.41, 5.74) is 0. The molecule has 1 fully saturated rings. The molecule has 0 amide bonds. The fourth-order valence-corrected chi connectivity index (χ4v) is 3.88. The van der Waals surface area contributed by atoms with Gasteiger partial charge in [-0.15, -0.1) is 0 Å². The van der Waals surface area contributed by atoms with Crippen LogP contribution >= 0.6 is 47.8 Å². The molecule has 64 valence electrons. The third kappa shape index (κ3) is 1.52. The van der Waals surface area contributed by atoms with Crippen LogP contribution < -0.4 is 0 Å². The van der Waals surface area contributed by atoms with E-state index in [1.54, 1.807) is 6.92 Å². The van der Waals surface area contributed by atoms with Crippen molar-refractivity contribution < 1.29 is 9.90 Å². The summed E-state index contributed by atoms with van der Waals surface area (Å²) >= 11 is 10.2. The minimum atomic E-state index is -0.775. The standard InChI is InChI=1S/C6H7Br3O2/c1-3(4(10)11)5(7)2-6(5,8)9/h3H,2H2,1H3,(H,10,11). The summed E-state index contributed by atoms with van der Waals surface area (Å²) in [4.78, 5) is 10.6. The summed E-state index contributed by atoms with van der Waals surface area (Å²) < 4.78 is -0.559. The lowest BCUT2D eigenvalue weighted by molar-refractivity contribution is -0.141. The molecule has 0 heterocycles. The lowest BCUT2D eigenvalue weighted by Crippen LogP contribution is -2.26. The average Bonchev–Trinajstić information content (AvgIpc) is 2.32. The van der Waals surface area contributed by atoms with Crippen LogP contribution in [0.15, 0.2) is 0 Å². The Labute approximate surface area is 90.1 Å². The maximum absolute atomic E-state index is 10.6. The fourth-order valence-electron chi connectivity index (χ4n) is 0.944. The van der Waals surface area contributed by atoms with Gasteiger partial charge < -0.3 is 5.11 Å². The highest BCUT2D eigenvalue weighted by atomic mass is 79.9. The molecular weight excluding hydrogens is 344 g/mol. The molecule has 0 aromatic carbocycles. The van der Waals surface area contributed by atoms with Gasteiger partial charge in [0.25, 0.3) is 0 Å². The highest BCUT2D eigenvalue weighted by molar-refractivity contribution is 9.26. The van der Waals surface area contributed by atoms with Gasteiger partial charge in [-0.2, -0.15) is 0 Å². The van der Waals surface area contributed by atoms with Crippen LogP contribution in [0.25, 0.3) is 0 Å². The van der Waals surface area contributed by atoms with Crippen molar-refractivity contribution >= 4 is 53.8 Å². The van der Waals surface area contributed by atoms with Crippen molar-refractivity contribution in [2.75, 3.05) is 0 Å². The Morgan fingerprint density at radius 2 is 1.91 bits per heavy atom. The van der Waals surface area contributed by atoms with E-state index in [1.807, 2.05) is 0 Å². The van der Waals surface area contributed by atoms with Gasteiger partial charge in [0.1, 0.15) is 0 Å². The van der Waals surface area contributed by atoms with E-state index in [2.05, 4.69) is 47.8 Å². The molecule has 1 rings (SSSR count). The summed E-state index contributed by atoms with van der Waals surface area (Å²) in [6.45, 7) is 1.70. The molecule has 1 aliphatic carbocycles. The Morgan fingerprint density at radius 3 is 2.00 bits per heavy atom. The number of hydrogen-bond donors (Lipinski definition) is 1. The molecule has 1 saturated carbocycles. The molecule has 0 bridgehead atoms. The van der Waals surface area contributed by atoms with Gasteiger partial charge in [-0.25, -0.2) is 0 Å². The van der Waals surface area contributed by atoms with E-state index in [0.717, 1.165) is 6.42 Å². The maximum atomic E-state index is 10.6. The number of carboxylic acid groups (broad SMARTS) is 1. The van der Waals surface area contributed by atoms with E-state index >= 15 is 0 Å². The van der Waals surface area contributed by atoms with Crippen molar-refractivity contribution in [3.63, 3.8) is 0 Å². The van der Waals surface area contributed by atoms with Crippen molar-refractivity contribution in [3.05, 3.63) is 0 Å². The molecule has 0 aromatic heterocycles. The van der Waals surface area contributed by atoms with Crippen LogP contribution in [0.1, 0.15) is 13.3 Å². The topological polar surface area (TPSA) is 37.3 Å². The van der Waals surface area contributed by atoms with Gasteiger partial charge >= 0.3 is 5.97 Å². The molecule has 2 atom stereocenters. The summed E-state index contributed by atoms with van der Waals surface area (Å²) in [6, 6.07) is 0. The highest BCUT2D eigenvalue weighted by Gasteiger charge is 2.68. The van der Waals surface area contributed by atoms with Gasteiger partial charge in [-0.3, -0.25) is 4.79 Å². The summed E-state index contributed by atoms with van der Waals surface area (Å²) in [6.07, 6.45) is 0.785. The zero-order chi connectivity index (χ0) is 8.86. The number of carbonyl (C=O) groups is 1. The Morgan fingerprint density at radius 1 is 1.55 bits per heavy atom. The van der Waals surface area contributed by atoms with Crippen LogP contribution in [-0.4, -0.2) is 18.6 Å². The van der Waals surface area contributed by atoms with Gasteiger partial charge in [0, 0.05) is 0 Å². The SMILES string of the molecule is CC(C(=O)O)C1(Br)CC1(Br)Br. The number of carboxylic acids is 1. The molecule has 1 N–H and O–H groups in total. The smallest absolute Gasteiger partial charge is 0.307 e. The molecular formula is C6H7Br3O2. The average molecular weight is 351 g/mol. The summed E-state index contributed by atoms with van der Waals surface area (Å²) in [5, 5.41) is 8.72. The van der Waals surface area contributed by atoms with E-state index in [-0.39, 0.29) is 13.5 Å². The van der Waals surface area contributed by atoms with Crippen LogP contribution in [0, 0.1) is 5.92 Å². The van der Waals surface area contributed by atoms with Crippen molar-refractivity contribution in [2.24, 2.45) is 5.92 Å². The van der Waals surface area contributed by atoms with Crippen molar-refractivity contribution in [1.29, 1.82) is 0 Å². The quantitative estimate of drug-likeness (QED) is 0.777. The van der Waals surface area contributed by atoms with Crippen LogP contribution in [0.2, 0.25) is 0 Å². The molecule has 0 aromatic rings. The molecule has 5 heteroatoms. The Bertz CT molecular complexity index is 204. The number of hydrogen-bond acceptors (Lipinski definition) is 1. The van der Waals surface area contributed by atoms with E-state index < -0.39 is 5.97 Å². The summed E-state index contributed by atoms with van der Waals surface area (Å²) in [7, 11) is 0. The van der Waals surface area contributed by atoms with E-state index in [0.29, 0.717) is 0 Å². The van der Waals surface area contributed by atoms with Crippen molar-refractivity contribution in [2.45, 2.75) is 20.9 Å². The van der Waals surface area contributed by atoms with Gasteiger partial charge in [0.05, 0.1) is 13.5 Å². The summed E-state index contributed by atoms with van der Waals surface area (Å²) in [5.74, 6) is -1.16. The minimum Gasteiger partial charge on any atom is -0.481 e. The predicted octanol–water partition coefficient (Wildman–Crippen LogP) is 2.73. The molecule has 1 aliphatic rings. The number of rotatable bonds is 2. The lowest BCUT2D eigenvalue weighted by Gasteiger charge is -2.14. The second kappa shape index (κ2) is 2.70. The third-order valence-corrected chi connectivity index (χ3v) is 6.70. The van der Waals surface area contributed by atoms with E-state index in [4.69, 9.17) is 5.11 Å². The van der Waals surface area contributed by atoms with Gasteiger partial charge in [0.15, 0.2) is 0 Å². The van der Waals surface area contributed by atoms with Crippen molar-refractivity contribution in [1.82, 2.24) is 0 Å². The first-order valence-electron chi connectivity index (χ1n) is 3.11. The van der Waals surface area contributed by atoms with Crippen LogP contribution in [0.4, 0.5) is 0 Å².